The van der Waals surface area contributed by atoms with Crippen molar-refractivity contribution in [1.29, 1.82) is 0 Å². The number of carbonyl (C=O) groups is 2. The number of nitrogens with zero attached hydrogens (tertiary/aromatic N) is 1. The summed E-state index contributed by atoms with van der Waals surface area (Å²) in [6.07, 6.45) is 1.44. The molecule has 4 heteroatoms. The largest absolute Gasteiger partial charge is 0.344 e. The van der Waals surface area contributed by atoms with Crippen molar-refractivity contribution in [3.05, 3.63) is 35.4 Å². The number of amides is 2. The Morgan fingerprint density at radius 3 is 2.76 bits per heavy atom. The van der Waals surface area contributed by atoms with Crippen LogP contribution in [-0.4, -0.2) is 35.8 Å². The van der Waals surface area contributed by atoms with Gasteiger partial charge in [0, 0.05) is 25.4 Å². The summed E-state index contributed by atoms with van der Waals surface area (Å²) >= 11 is 0. The number of hydrogen-bond acceptors (Lipinski definition) is 2. The van der Waals surface area contributed by atoms with Crippen molar-refractivity contribution in [2.24, 2.45) is 5.92 Å². The molecular formula is C17H22N2O2. The van der Waals surface area contributed by atoms with Gasteiger partial charge in [-0.05, 0) is 23.5 Å². The van der Waals surface area contributed by atoms with Crippen LogP contribution in [0.25, 0.3) is 0 Å². The van der Waals surface area contributed by atoms with Gasteiger partial charge in [0.1, 0.15) is 6.04 Å². The highest BCUT2D eigenvalue weighted by Crippen LogP contribution is 2.35. The van der Waals surface area contributed by atoms with E-state index in [-0.39, 0.29) is 23.8 Å². The Bertz CT molecular complexity index is 568. The SMILES string of the molecule is CC(C)C1NC(=O)CCN(CC2Cc3ccccc32)C1=O. The number of carbonyl (C=O) groups excluding carboxylic acids is 2. The molecule has 1 aliphatic carbocycles. The number of nitrogens with one attached hydrogen (secondary N) is 1. The second-order valence-corrected chi connectivity index (χ2v) is 6.42. The second-order valence-electron chi connectivity index (χ2n) is 6.42. The van der Waals surface area contributed by atoms with Gasteiger partial charge in [-0.2, -0.15) is 0 Å². The second kappa shape index (κ2) is 5.51. The predicted octanol–water partition coefficient (Wildman–Crippen LogP) is 1.70. The van der Waals surface area contributed by atoms with Crippen molar-refractivity contribution >= 4 is 11.8 Å². The number of fused-ring (bicyclic) bond motifs is 1. The van der Waals surface area contributed by atoms with Crippen LogP contribution in [0.3, 0.4) is 0 Å². The molecule has 2 unspecified atom stereocenters. The molecule has 2 amide bonds. The van der Waals surface area contributed by atoms with E-state index < -0.39 is 0 Å². The highest BCUT2D eigenvalue weighted by Gasteiger charge is 2.35. The van der Waals surface area contributed by atoms with E-state index in [1.165, 1.54) is 11.1 Å². The lowest BCUT2D eigenvalue weighted by molar-refractivity contribution is -0.135. The molecule has 3 rings (SSSR count). The van der Waals surface area contributed by atoms with Crippen molar-refractivity contribution in [1.82, 2.24) is 10.2 Å². The van der Waals surface area contributed by atoms with Gasteiger partial charge in [-0.3, -0.25) is 9.59 Å². The van der Waals surface area contributed by atoms with Crippen LogP contribution in [0, 0.1) is 5.92 Å². The van der Waals surface area contributed by atoms with Crippen molar-refractivity contribution in [2.45, 2.75) is 38.6 Å². The van der Waals surface area contributed by atoms with Gasteiger partial charge in [0.25, 0.3) is 0 Å². The summed E-state index contributed by atoms with van der Waals surface area (Å²) < 4.78 is 0. The molecule has 1 aromatic carbocycles. The smallest absolute Gasteiger partial charge is 0.245 e. The Morgan fingerprint density at radius 2 is 2.05 bits per heavy atom. The minimum Gasteiger partial charge on any atom is -0.344 e. The summed E-state index contributed by atoms with van der Waals surface area (Å²) in [4.78, 5) is 26.3. The lowest BCUT2D eigenvalue weighted by Gasteiger charge is -2.35. The standard InChI is InChI=1S/C17H22N2O2/c1-11(2)16-17(21)19(8-7-15(20)18-16)10-13-9-12-5-3-4-6-14(12)13/h3-6,11,13,16H,7-10H2,1-2H3,(H,18,20). The zero-order valence-electron chi connectivity index (χ0n) is 12.6. The third kappa shape index (κ3) is 2.67. The van der Waals surface area contributed by atoms with Crippen LogP contribution in [-0.2, 0) is 16.0 Å². The Hall–Kier alpha value is -1.84. The molecule has 0 aromatic heterocycles. The normalized spacial score (nSPS) is 25.2. The number of hydrogen-bond donors (Lipinski definition) is 1. The fourth-order valence-electron chi connectivity index (χ4n) is 3.28. The minimum absolute atomic E-state index is 0.0152. The van der Waals surface area contributed by atoms with E-state index in [0.717, 1.165) is 13.0 Å². The van der Waals surface area contributed by atoms with Crippen LogP contribution >= 0.6 is 0 Å². The highest BCUT2D eigenvalue weighted by atomic mass is 16.2. The molecule has 1 heterocycles. The average Bonchev–Trinajstić information content (AvgIpc) is 2.57. The summed E-state index contributed by atoms with van der Waals surface area (Å²) in [7, 11) is 0. The monoisotopic (exact) mass is 286 g/mol. The lowest BCUT2D eigenvalue weighted by Crippen LogP contribution is -2.49. The molecule has 0 radical (unpaired) electrons. The van der Waals surface area contributed by atoms with Crippen molar-refractivity contribution in [3.63, 3.8) is 0 Å². The Labute approximate surface area is 125 Å². The lowest BCUT2D eigenvalue weighted by atomic mass is 9.77. The van der Waals surface area contributed by atoms with E-state index in [1.54, 1.807) is 0 Å². The van der Waals surface area contributed by atoms with E-state index in [0.29, 0.717) is 18.9 Å². The third-order valence-corrected chi connectivity index (χ3v) is 4.57. The molecule has 2 aliphatic rings. The van der Waals surface area contributed by atoms with Crippen molar-refractivity contribution in [3.8, 4) is 0 Å². The van der Waals surface area contributed by atoms with Crippen molar-refractivity contribution < 1.29 is 9.59 Å². The molecule has 0 bridgehead atoms. The number of benzene rings is 1. The topological polar surface area (TPSA) is 49.4 Å². The summed E-state index contributed by atoms with van der Waals surface area (Å²) in [5.41, 5.74) is 2.74. The molecule has 4 nitrogen and oxygen atoms in total. The summed E-state index contributed by atoms with van der Waals surface area (Å²) in [6.45, 7) is 5.22. The summed E-state index contributed by atoms with van der Waals surface area (Å²) in [5.74, 6) is 0.598. The van der Waals surface area contributed by atoms with Crippen molar-refractivity contribution in [2.75, 3.05) is 13.1 Å². The van der Waals surface area contributed by atoms with Gasteiger partial charge in [0.15, 0.2) is 0 Å². The number of rotatable bonds is 3. The van der Waals surface area contributed by atoms with Gasteiger partial charge in [-0.15, -0.1) is 0 Å². The summed E-state index contributed by atoms with van der Waals surface area (Å²) in [6, 6.07) is 8.03. The summed E-state index contributed by atoms with van der Waals surface area (Å²) in [5, 5.41) is 2.86. The average molecular weight is 286 g/mol. The first-order valence-electron chi connectivity index (χ1n) is 7.72. The van der Waals surface area contributed by atoms with E-state index in [4.69, 9.17) is 0 Å². The molecule has 1 N–H and O–H groups in total. The molecule has 1 aliphatic heterocycles. The van der Waals surface area contributed by atoms with Crippen LogP contribution in [0.15, 0.2) is 24.3 Å². The molecule has 0 spiro atoms. The maximum Gasteiger partial charge on any atom is 0.245 e. The van der Waals surface area contributed by atoms with Crippen LogP contribution in [0.5, 0.6) is 0 Å². The molecule has 21 heavy (non-hydrogen) atoms. The van der Waals surface area contributed by atoms with Crippen LogP contribution in [0.4, 0.5) is 0 Å². The minimum atomic E-state index is -0.379. The third-order valence-electron chi connectivity index (χ3n) is 4.57. The van der Waals surface area contributed by atoms with E-state index in [9.17, 15) is 9.59 Å². The van der Waals surface area contributed by atoms with Crippen LogP contribution in [0.2, 0.25) is 0 Å². The predicted molar refractivity (Wildman–Crippen MR) is 80.9 cm³/mol. The molecule has 1 saturated heterocycles. The fourth-order valence-corrected chi connectivity index (χ4v) is 3.28. The van der Waals surface area contributed by atoms with Gasteiger partial charge in [0.05, 0.1) is 0 Å². The van der Waals surface area contributed by atoms with Crippen LogP contribution in [0.1, 0.15) is 37.3 Å². The fraction of sp³-hybridized carbons (Fsp3) is 0.529. The van der Waals surface area contributed by atoms with Gasteiger partial charge >= 0.3 is 0 Å². The highest BCUT2D eigenvalue weighted by molar-refractivity contribution is 5.90. The van der Waals surface area contributed by atoms with Gasteiger partial charge in [-0.25, -0.2) is 0 Å². The van der Waals surface area contributed by atoms with Gasteiger partial charge in [-0.1, -0.05) is 38.1 Å². The molecule has 0 saturated carbocycles. The molecule has 1 aromatic rings. The molecule has 112 valence electrons. The van der Waals surface area contributed by atoms with Gasteiger partial charge < -0.3 is 10.2 Å². The maximum absolute atomic E-state index is 12.6. The Morgan fingerprint density at radius 1 is 1.29 bits per heavy atom. The van der Waals surface area contributed by atoms with E-state index in [1.807, 2.05) is 18.7 Å². The van der Waals surface area contributed by atoms with Gasteiger partial charge in [0.2, 0.25) is 11.8 Å². The zero-order valence-corrected chi connectivity index (χ0v) is 12.6. The molecule has 1 fully saturated rings. The zero-order chi connectivity index (χ0) is 15.0. The first-order chi connectivity index (χ1) is 10.1. The first-order valence-corrected chi connectivity index (χ1v) is 7.72. The Kier molecular flexibility index (Phi) is 3.70. The van der Waals surface area contributed by atoms with E-state index >= 15 is 0 Å². The molecular weight excluding hydrogens is 264 g/mol. The Balaban J connectivity index is 1.73. The van der Waals surface area contributed by atoms with Crippen LogP contribution < -0.4 is 5.32 Å². The van der Waals surface area contributed by atoms with E-state index in [2.05, 4.69) is 29.6 Å². The quantitative estimate of drug-likeness (QED) is 0.919. The maximum atomic E-state index is 12.6. The molecule has 2 atom stereocenters. The first kappa shape index (κ1) is 14.1.